The number of hydrogen-bond donors (Lipinski definition) is 1. The molecule has 1 N–H and O–H groups in total. The summed E-state index contributed by atoms with van der Waals surface area (Å²) in [5, 5.41) is 2.61. The van der Waals surface area contributed by atoms with Crippen molar-refractivity contribution in [3.63, 3.8) is 0 Å². The number of likely N-dealkylation sites (tertiary alicyclic amines) is 1. The third kappa shape index (κ3) is 4.76. The van der Waals surface area contributed by atoms with Crippen LogP contribution in [0.1, 0.15) is 37.1 Å². The molecule has 1 aliphatic heterocycles. The van der Waals surface area contributed by atoms with E-state index in [4.69, 9.17) is 4.74 Å². The van der Waals surface area contributed by atoms with Gasteiger partial charge in [-0.05, 0) is 37.5 Å². The molecule has 1 saturated heterocycles. The maximum absolute atomic E-state index is 12.7. The first-order valence-electron chi connectivity index (χ1n) is 10.1. The molecule has 0 spiro atoms. The number of nitrogens with one attached hydrogen (secondary N) is 1. The number of rotatable bonds is 6. The van der Waals surface area contributed by atoms with Crippen molar-refractivity contribution in [1.29, 1.82) is 0 Å². The predicted octanol–water partition coefficient (Wildman–Crippen LogP) is 3.24. The Morgan fingerprint density at radius 1 is 1.27 bits per heavy atom. The average molecular weight is 425 g/mol. The fraction of sp³-hybridized carbons (Fsp3) is 0.364. The van der Waals surface area contributed by atoms with Crippen molar-refractivity contribution in [3.05, 3.63) is 63.7 Å². The van der Waals surface area contributed by atoms with Crippen LogP contribution in [0.4, 0.5) is 0 Å². The van der Waals surface area contributed by atoms with Crippen LogP contribution in [-0.2, 0) is 11.2 Å². The average Bonchev–Trinajstić information content (AvgIpc) is 3.30. The van der Waals surface area contributed by atoms with Crippen molar-refractivity contribution in [1.82, 2.24) is 19.9 Å². The smallest absolute Gasteiger partial charge is 0.251 e. The molecule has 2 aromatic heterocycles. The molecular formula is C22H24N4O3S. The fourth-order valence-electron chi connectivity index (χ4n) is 3.69. The highest BCUT2D eigenvalue weighted by atomic mass is 32.1. The van der Waals surface area contributed by atoms with Gasteiger partial charge in [-0.3, -0.25) is 9.59 Å². The molecule has 156 valence electrons. The van der Waals surface area contributed by atoms with E-state index in [9.17, 15) is 9.59 Å². The van der Waals surface area contributed by atoms with E-state index in [0.717, 1.165) is 29.2 Å². The second-order valence-electron chi connectivity index (χ2n) is 7.26. The molecule has 7 nitrogen and oxygen atoms in total. The summed E-state index contributed by atoms with van der Waals surface area (Å²) in [6.45, 7) is 3.89. The number of carbonyl (C=O) groups is 1. The Labute approximate surface area is 178 Å². The zero-order chi connectivity index (χ0) is 20.9. The molecule has 0 atom stereocenters. The van der Waals surface area contributed by atoms with E-state index < -0.39 is 0 Å². The van der Waals surface area contributed by atoms with Crippen LogP contribution in [0.3, 0.4) is 0 Å². The molecule has 3 heterocycles. The topological polar surface area (TPSA) is 88.2 Å². The number of benzene rings is 1. The van der Waals surface area contributed by atoms with Gasteiger partial charge in [-0.25, -0.2) is 9.97 Å². The van der Waals surface area contributed by atoms with Crippen molar-refractivity contribution in [3.8, 4) is 16.5 Å². The molecule has 1 fully saturated rings. The van der Waals surface area contributed by atoms with Crippen LogP contribution in [0.2, 0.25) is 0 Å². The molecule has 0 saturated carbocycles. The van der Waals surface area contributed by atoms with Crippen LogP contribution in [0, 0.1) is 0 Å². The fourth-order valence-corrected chi connectivity index (χ4v) is 4.29. The van der Waals surface area contributed by atoms with Gasteiger partial charge in [0.2, 0.25) is 5.91 Å². The Morgan fingerprint density at radius 3 is 2.70 bits per heavy atom. The Bertz CT molecular complexity index is 1040. The van der Waals surface area contributed by atoms with Crippen LogP contribution in [-0.4, -0.2) is 45.5 Å². The van der Waals surface area contributed by atoms with Gasteiger partial charge >= 0.3 is 0 Å². The largest absolute Gasteiger partial charge is 0.494 e. The summed E-state index contributed by atoms with van der Waals surface area (Å²) in [6.07, 6.45) is 3.64. The lowest BCUT2D eigenvalue weighted by Gasteiger charge is -2.31. The van der Waals surface area contributed by atoms with Gasteiger partial charge in [-0.2, -0.15) is 0 Å². The van der Waals surface area contributed by atoms with Gasteiger partial charge in [0.1, 0.15) is 22.3 Å². The molecule has 0 unspecified atom stereocenters. The number of thiazole rings is 1. The number of aromatic nitrogens is 3. The lowest BCUT2D eigenvalue weighted by atomic mass is 9.95. The molecule has 1 amide bonds. The lowest BCUT2D eigenvalue weighted by molar-refractivity contribution is -0.131. The summed E-state index contributed by atoms with van der Waals surface area (Å²) in [6, 6.07) is 9.16. The first-order chi connectivity index (χ1) is 14.6. The molecule has 4 rings (SSSR count). The Morgan fingerprint density at radius 2 is 2.03 bits per heavy atom. The second kappa shape index (κ2) is 9.21. The summed E-state index contributed by atoms with van der Waals surface area (Å²) in [7, 11) is 0. The summed E-state index contributed by atoms with van der Waals surface area (Å²) in [5.74, 6) is 1.75. The van der Waals surface area contributed by atoms with Gasteiger partial charge in [0, 0.05) is 36.7 Å². The van der Waals surface area contributed by atoms with Gasteiger partial charge in [-0.15, -0.1) is 11.3 Å². The Kier molecular flexibility index (Phi) is 6.23. The first-order valence-corrected chi connectivity index (χ1v) is 11.0. The van der Waals surface area contributed by atoms with E-state index in [0.29, 0.717) is 37.6 Å². The van der Waals surface area contributed by atoms with Crippen LogP contribution in [0.25, 0.3) is 10.7 Å². The van der Waals surface area contributed by atoms with E-state index >= 15 is 0 Å². The molecule has 3 aromatic rings. The molecule has 0 aliphatic carbocycles. The monoisotopic (exact) mass is 424 g/mol. The minimum absolute atomic E-state index is 0.121. The SMILES string of the molecule is CCOc1ccc(CC(=O)N2CCC(c3nc(-c4nccs4)cc(=O)[nH]3)CC2)cc1. The quantitative estimate of drug-likeness (QED) is 0.656. The van der Waals surface area contributed by atoms with Crippen LogP contribution < -0.4 is 10.3 Å². The highest BCUT2D eigenvalue weighted by Gasteiger charge is 2.25. The Hall–Kier alpha value is -3.00. The molecule has 0 bridgehead atoms. The first kappa shape index (κ1) is 20.3. The van der Waals surface area contributed by atoms with Crippen molar-refractivity contribution in [2.75, 3.05) is 19.7 Å². The van der Waals surface area contributed by atoms with Gasteiger partial charge in [-0.1, -0.05) is 12.1 Å². The van der Waals surface area contributed by atoms with Gasteiger partial charge < -0.3 is 14.6 Å². The van der Waals surface area contributed by atoms with Crippen molar-refractivity contribution in [2.24, 2.45) is 0 Å². The number of aromatic amines is 1. The third-order valence-corrected chi connectivity index (χ3v) is 6.03. The molecule has 1 aromatic carbocycles. The number of carbonyl (C=O) groups excluding carboxylic acids is 1. The van der Waals surface area contributed by atoms with Crippen LogP contribution in [0.15, 0.2) is 46.7 Å². The highest BCUT2D eigenvalue weighted by Crippen LogP contribution is 2.27. The van der Waals surface area contributed by atoms with E-state index in [2.05, 4.69) is 15.0 Å². The molecule has 1 aliphatic rings. The van der Waals surface area contributed by atoms with E-state index in [1.807, 2.05) is 41.5 Å². The minimum atomic E-state index is -0.167. The normalized spacial score (nSPS) is 14.6. The third-order valence-electron chi connectivity index (χ3n) is 5.24. The number of hydrogen-bond acceptors (Lipinski definition) is 6. The van der Waals surface area contributed by atoms with E-state index in [1.54, 1.807) is 6.20 Å². The van der Waals surface area contributed by atoms with Gasteiger partial charge in [0.25, 0.3) is 5.56 Å². The molecule has 30 heavy (non-hydrogen) atoms. The Balaban J connectivity index is 1.37. The van der Waals surface area contributed by atoms with Gasteiger partial charge in [0.05, 0.1) is 13.0 Å². The standard InChI is InChI=1S/C22H24N4O3S/c1-2-29-17-5-3-15(4-6-17)13-20(28)26-10-7-16(8-11-26)21-24-18(14-19(27)25-21)22-23-9-12-30-22/h3-6,9,12,14,16H,2,7-8,10-11,13H2,1H3,(H,24,25,27). The van der Waals surface area contributed by atoms with Gasteiger partial charge in [0.15, 0.2) is 0 Å². The highest BCUT2D eigenvalue weighted by molar-refractivity contribution is 7.13. The van der Waals surface area contributed by atoms with E-state index in [-0.39, 0.29) is 17.4 Å². The number of H-pyrrole nitrogens is 1. The zero-order valence-electron chi connectivity index (χ0n) is 16.8. The summed E-state index contributed by atoms with van der Waals surface area (Å²) in [4.78, 5) is 38.5. The number of piperidine rings is 1. The molecule has 0 radical (unpaired) electrons. The predicted molar refractivity (Wildman–Crippen MR) is 116 cm³/mol. The van der Waals surface area contributed by atoms with Crippen LogP contribution in [0.5, 0.6) is 5.75 Å². The van der Waals surface area contributed by atoms with Crippen molar-refractivity contribution >= 4 is 17.2 Å². The summed E-state index contributed by atoms with van der Waals surface area (Å²) >= 11 is 1.46. The minimum Gasteiger partial charge on any atom is -0.494 e. The van der Waals surface area contributed by atoms with E-state index in [1.165, 1.54) is 17.4 Å². The second-order valence-corrected chi connectivity index (χ2v) is 8.16. The van der Waals surface area contributed by atoms with Crippen molar-refractivity contribution < 1.29 is 9.53 Å². The number of ether oxygens (including phenoxy) is 1. The zero-order valence-corrected chi connectivity index (χ0v) is 17.7. The molecule has 8 heteroatoms. The van der Waals surface area contributed by atoms with Crippen LogP contribution >= 0.6 is 11.3 Å². The summed E-state index contributed by atoms with van der Waals surface area (Å²) in [5.41, 5.74) is 1.42. The maximum Gasteiger partial charge on any atom is 0.251 e. The molecular weight excluding hydrogens is 400 g/mol. The maximum atomic E-state index is 12.7. The summed E-state index contributed by atoms with van der Waals surface area (Å²) < 4.78 is 5.45. The van der Waals surface area contributed by atoms with Crippen molar-refractivity contribution in [2.45, 2.75) is 32.1 Å². The number of nitrogens with zero attached hydrogens (tertiary/aromatic N) is 3. The number of amides is 1. The lowest BCUT2D eigenvalue weighted by Crippen LogP contribution is -2.39.